The minimum atomic E-state index is -2.06. The average Bonchev–Trinajstić information content (AvgIpc) is 2.85. The summed E-state index contributed by atoms with van der Waals surface area (Å²) in [5.41, 5.74) is 4.82. The minimum Gasteiger partial charge on any atom is -0.378 e. The Morgan fingerprint density at radius 3 is 2.80 bits per heavy atom. The van der Waals surface area contributed by atoms with Gasteiger partial charge in [0, 0.05) is 10.6 Å². The standard InChI is InChI=1S/C12H10ClN3O3S/c1-4-2-3-5(13)6-7(4)15-10(18)12(6,19)8-9(17)16-11(14)20-8/h2-3,8,19H,1H3,(H,15,18)(H2,14,16,17). The molecule has 2 aliphatic heterocycles. The first-order valence-corrected chi connectivity index (χ1v) is 6.99. The summed E-state index contributed by atoms with van der Waals surface area (Å²) in [6.07, 6.45) is 0. The van der Waals surface area contributed by atoms with Crippen LogP contribution in [0, 0.1) is 6.92 Å². The fourth-order valence-electron chi connectivity index (χ4n) is 2.42. The molecule has 8 heteroatoms. The number of rotatable bonds is 1. The number of nitrogens with zero attached hydrogens (tertiary/aromatic N) is 1. The number of aryl methyl sites for hydroxylation is 1. The first-order valence-electron chi connectivity index (χ1n) is 5.73. The Morgan fingerprint density at radius 2 is 2.20 bits per heavy atom. The van der Waals surface area contributed by atoms with E-state index in [1.54, 1.807) is 19.1 Å². The molecule has 6 nitrogen and oxygen atoms in total. The van der Waals surface area contributed by atoms with E-state index in [9.17, 15) is 14.7 Å². The second-order valence-corrected chi connectivity index (χ2v) is 6.15. The zero-order chi connectivity index (χ0) is 14.7. The minimum absolute atomic E-state index is 0.0263. The van der Waals surface area contributed by atoms with E-state index in [1.807, 2.05) is 0 Å². The number of thioether (sulfide) groups is 1. The van der Waals surface area contributed by atoms with Gasteiger partial charge >= 0.3 is 0 Å². The highest BCUT2D eigenvalue weighted by Crippen LogP contribution is 2.48. The van der Waals surface area contributed by atoms with Crippen molar-refractivity contribution in [3.63, 3.8) is 0 Å². The van der Waals surface area contributed by atoms with E-state index < -0.39 is 22.7 Å². The summed E-state index contributed by atoms with van der Waals surface area (Å²) >= 11 is 6.97. The molecule has 1 aromatic carbocycles. The normalized spacial score (nSPS) is 28.4. The molecule has 0 fully saturated rings. The van der Waals surface area contributed by atoms with Gasteiger partial charge in [0.2, 0.25) is 0 Å². The number of amides is 2. The number of carbonyl (C=O) groups excluding carboxylic acids is 2. The molecule has 0 aliphatic carbocycles. The number of fused-ring (bicyclic) bond motifs is 1. The number of aliphatic hydroxyl groups is 1. The van der Waals surface area contributed by atoms with Gasteiger partial charge in [-0.1, -0.05) is 29.4 Å². The molecule has 0 radical (unpaired) electrons. The van der Waals surface area contributed by atoms with Crippen LogP contribution in [0.5, 0.6) is 0 Å². The molecule has 3 rings (SSSR count). The van der Waals surface area contributed by atoms with Crippen molar-refractivity contribution >= 4 is 46.0 Å². The number of aliphatic imine (C=N–C) groups is 1. The van der Waals surface area contributed by atoms with Gasteiger partial charge in [-0.05, 0) is 18.6 Å². The van der Waals surface area contributed by atoms with Crippen molar-refractivity contribution < 1.29 is 14.7 Å². The van der Waals surface area contributed by atoms with Crippen LogP contribution in [0.3, 0.4) is 0 Å². The van der Waals surface area contributed by atoms with Crippen molar-refractivity contribution in [2.75, 3.05) is 5.32 Å². The van der Waals surface area contributed by atoms with Crippen molar-refractivity contribution in [2.45, 2.75) is 17.8 Å². The number of nitrogens with one attached hydrogen (secondary N) is 1. The summed E-state index contributed by atoms with van der Waals surface area (Å²) in [6.45, 7) is 1.77. The average molecular weight is 312 g/mol. The highest BCUT2D eigenvalue weighted by molar-refractivity contribution is 8.15. The zero-order valence-corrected chi connectivity index (χ0v) is 11.9. The van der Waals surface area contributed by atoms with E-state index in [0.717, 1.165) is 17.3 Å². The first kappa shape index (κ1) is 13.4. The van der Waals surface area contributed by atoms with Crippen LogP contribution in [0.1, 0.15) is 11.1 Å². The van der Waals surface area contributed by atoms with Crippen LogP contribution in [0.2, 0.25) is 5.02 Å². The van der Waals surface area contributed by atoms with E-state index in [4.69, 9.17) is 17.3 Å². The molecule has 0 bridgehead atoms. The predicted molar refractivity (Wildman–Crippen MR) is 76.7 cm³/mol. The maximum absolute atomic E-state index is 12.2. The van der Waals surface area contributed by atoms with Crippen molar-refractivity contribution in [1.29, 1.82) is 0 Å². The SMILES string of the molecule is Cc1ccc(Cl)c2c1NC(=O)C2(O)C1SC(N)=NC1=O. The van der Waals surface area contributed by atoms with Crippen LogP contribution in [-0.4, -0.2) is 27.3 Å². The quantitative estimate of drug-likeness (QED) is 0.709. The Kier molecular flexibility index (Phi) is 2.82. The number of carbonyl (C=O) groups is 2. The van der Waals surface area contributed by atoms with Gasteiger partial charge in [0.25, 0.3) is 11.8 Å². The third kappa shape index (κ3) is 1.60. The van der Waals surface area contributed by atoms with Gasteiger partial charge in [-0.15, -0.1) is 0 Å². The van der Waals surface area contributed by atoms with Gasteiger partial charge in [0.05, 0.1) is 5.69 Å². The fourth-order valence-corrected chi connectivity index (χ4v) is 3.65. The molecule has 2 atom stereocenters. The van der Waals surface area contributed by atoms with Crippen LogP contribution < -0.4 is 11.1 Å². The third-order valence-electron chi connectivity index (χ3n) is 3.39. The molecule has 2 unspecified atom stereocenters. The Bertz CT molecular complexity index is 691. The highest BCUT2D eigenvalue weighted by Gasteiger charge is 2.57. The summed E-state index contributed by atoms with van der Waals surface area (Å²) in [5.74, 6) is -1.34. The van der Waals surface area contributed by atoms with Crippen molar-refractivity contribution in [2.24, 2.45) is 10.7 Å². The topological polar surface area (TPSA) is 105 Å². The summed E-state index contributed by atoms with van der Waals surface area (Å²) in [7, 11) is 0. The highest BCUT2D eigenvalue weighted by atomic mass is 35.5. The summed E-state index contributed by atoms with van der Waals surface area (Å²) in [6, 6.07) is 3.30. The lowest BCUT2D eigenvalue weighted by molar-refractivity contribution is -0.138. The Balaban J connectivity index is 2.20. The molecule has 0 aromatic heterocycles. The predicted octanol–water partition coefficient (Wildman–Crippen LogP) is 0.745. The Morgan fingerprint density at radius 1 is 1.50 bits per heavy atom. The van der Waals surface area contributed by atoms with Crippen LogP contribution in [-0.2, 0) is 15.2 Å². The monoisotopic (exact) mass is 311 g/mol. The van der Waals surface area contributed by atoms with E-state index >= 15 is 0 Å². The molecule has 2 heterocycles. The molecule has 4 N–H and O–H groups in total. The lowest BCUT2D eigenvalue weighted by Gasteiger charge is -2.25. The number of hydrogen-bond acceptors (Lipinski definition) is 5. The molecular weight excluding hydrogens is 302 g/mol. The molecule has 0 saturated carbocycles. The summed E-state index contributed by atoms with van der Waals surface area (Å²) in [4.78, 5) is 27.6. The van der Waals surface area contributed by atoms with Gasteiger partial charge < -0.3 is 16.2 Å². The molecule has 1 aromatic rings. The van der Waals surface area contributed by atoms with Gasteiger partial charge in [-0.3, -0.25) is 9.59 Å². The van der Waals surface area contributed by atoms with Gasteiger partial charge in [0.15, 0.2) is 10.8 Å². The largest absolute Gasteiger partial charge is 0.378 e. The number of halogens is 1. The number of anilines is 1. The smallest absolute Gasteiger partial charge is 0.265 e. The third-order valence-corrected chi connectivity index (χ3v) is 4.82. The van der Waals surface area contributed by atoms with Crippen LogP contribution >= 0.6 is 23.4 Å². The second kappa shape index (κ2) is 4.21. The Hall–Kier alpha value is -1.57. The molecule has 2 aliphatic rings. The lowest BCUT2D eigenvalue weighted by atomic mass is 9.90. The van der Waals surface area contributed by atoms with Crippen LogP contribution in [0.15, 0.2) is 17.1 Å². The summed E-state index contributed by atoms with van der Waals surface area (Å²) in [5, 5.41) is 12.5. The van der Waals surface area contributed by atoms with Crippen molar-refractivity contribution in [3.05, 3.63) is 28.3 Å². The number of nitrogens with two attached hydrogens (primary N) is 1. The van der Waals surface area contributed by atoms with E-state index in [2.05, 4.69) is 10.3 Å². The van der Waals surface area contributed by atoms with E-state index in [1.165, 1.54) is 0 Å². The number of benzene rings is 1. The maximum Gasteiger partial charge on any atom is 0.265 e. The summed E-state index contributed by atoms with van der Waals surface area (Å²) < 4.78 is 0. The molecule has 0 spiro atoms. The number of amidine groups is 1. The van der Waals surface area contributed by atoms with Crippen molar-refractivity contribution in [1.82, 2.24) is 0 Å². The van der Waals surface area contributed by atoms with Gasteiger partial charge in [0.1, 0.15) is 5.25 Å². The molecule has 20 heavy (non-hydrogen) atoms. The molecule has 0 saturated heterocycles. The van der Waals surface area contributed by atoms with Crippen molar-refractivity contribution in [3.8, 4) is 0 Å². The Labute approximate surface area is 123 Å². The van der Waals surface area contributed by atoms with Gasteiger partial charge in [-0.25, -0.2) is 0 Å². The second-order valence-electron chi connectivity index (χ2n) is 4.62. The van der Waals surface area contributed by atoms with Crippen LogP contribution in [0.4, 0.5) is 5.69 Å². The maximum atomic E-state index is 12.2. The zero-order valence-electron chi connectivity index (χ0n) is 10.3. The number of hydrogen-bond donors (Lipinski definition) is 3. The van der Waals surface area contributed by atoms with E-state index in [0.29, 0.717) is 5.69 Å². The molecular formula is C12H10ClN3O3S. The molecule has 104 valence electrons. The van der Waals surface area contributed by atoms with Gasteiger partial charge in [-0.2, -0.15) is 4.99 Å². The first-order chi connectivity index (χ1) is 9.35. The van der Waals surface area contributed by atoms with Crippen LogP contribution in [0.25, 0.3) is 0 Å². The molecule has 2 amide bonds. The fraction of sp³-hybridized carbons (Fsp3) is 0.250. The van der Waals surface area contributed by atoms with E-state index in [-0.39, 0.29) is 15.8 Å². The lowest BCUT2D eigenvalue weighted by Crippen LogP contribution is -2.46.